The van der Waals surface area contributed by atoms with Gasteiger partial charge in [0, 0.05) is 17.4 Å². The quantitative estimate of drug-likeness (QED) is 0.326. The van der Waals surface area contributed by atoms with Gasteiger partial charge in [-0.1, -0.05) is 66.2 Å². The molecule has 188 valence electrons. The average molecular weight is 511 g/mol. The second kappa shape index (κ2) is 11.1. The van der Waals surface area contributed by atoms with E-state index in [-0.39, 0.29) is 28.7 Å². The van der Waals surface area contributed by atoms with E-state index in [0.717, 1.165) is 28.5 Å². The molecule has 3 aromatic carbocycles. The number of ether oxygens (including phenoxy) is 3. The first kappa shape index (κ1) is 25.7. The Morgan fingerprint density at radius 1 is 1.11 bits per heavy atom. The highest BCUT2D eigenvalue weighted by atomic mass is 35.5. The fourth-order valence-electron chi connectivity index (χ4n) is 4.81. The third-order valence-corrected chi connectivity index (χ3v) is 6.80. The van der Waals surface area contributed by atoms with Crippen molar-refractivity contribution in [2.45, 2.75) is 31.5 Å². The Labute approximate surface area is 215 Å². The molecule has 0 aromatic heterocycles. The molecule has 5 nitrogen and oxygen atoms in total. The third-order valence-electron chi connectivity index (χ3n) is 6.52. The lowest BCUT2D eigenvalue weighted by Gasteiger charge is -2.43. The summed E-state index contributed by atoms with van der Waals surface area (Å²) in [5, 5.41) is 9.15. The topological polar surface area (TPSA) is 65.0 Å². The molecule has 0 radical (unpaired) electrons. The molecular formula is C29H28ClFO5. The summed E-state index contributed by atoms with van der Waals surface area (Å²) in [7, 11) is 1.61. The third kappa shape index (κ3) is 5.55. The van der Waals surface area contributed by atoms with Crippen molar-refractivity contribution in [3.05, 3.63) is 106 Å². The first-order chi connectivity index (χ1) is 17.3. The number of halogens is 2. The summed E-state index contributed by atoms with van der Waals surface area (Å²) in [5.41, 5.74) is 3.27. The van der Waals surface area contributed by atoms with Crippen molar-refractivity contribution in [3.63, 3.8) is 0 Å². The van der Waals surface area contributed by atoms with Gasteiger partial charge in [0.2, 0.25) is 0 Å². The zero-order valence-corrected chi connectivity index (χ0v) is 20.9. The maximum absolute atomic E-state index is 14.6. The van der Waals surface area contributed by atoms with Crippen LogP contribution in [0.5, 0.6) is 11.5 Å². The molecule has 1 aliphatic rings. The number of hydrogen-bond acceptors (Lipinski definition) is 4. The Morgan fingerprint density at radius 3 is 2.42 bits per heavy atom. The molecule has 1 saturated heterocycles. The maximum Gasteiger partial charge on any atom is 0.341 e. The highest BCUT2D eigenvalue weighted by Gasteiger charge is 2.42. The summed E-state index contributed by atoms with van der Waals surface area (Å²) in [6, 6.07) is 20.2. The number of methoxy groups -OCH3 is 1. The van der Waals surface area contributed by atoms with Gasteiger partial charge in [-0.2, -0.15) is 0 Å². The van der Waals surface area contributed by atoms with E-state index < -0.39 is 24.5 Å². The highest BCUT2D eigenvalue weighted by Crippen LogP contribution is 2.54. The normalized spacial score (nSPS) is 21.6. The smallest absolute Gasteiger partial charge is 0.341 e. The Hall–Kier alpha value is -3.35. The van der Waals surface area contributed by atoms with Crippen LogP contribution < -0.4 is 9.47 Å². The van der Waals surface area contributed by atoms with E-state index in [4.69, 9.17) is 30.9 Å². The molecule has 4 rings (SSSR count). The van der Waals surface area contributed by atoms with Crippen molar-refractivity contribution >= 4 is 17.6 Å². The van der Waals surface area contributed by atoms with Gasteiger partial charge in [-0.25, -0.2) is 9.18 Å². The van der Waals surface area contributed by atoms with Crippen LogP contribution >= 0.6 is 11.6 Å². The summed E-state index contributed by atoms with van der Waals surface area (Å²) in [5.74, 6) is -1.11. The first-order valence-electron chi connectivity index (χ1n) is 11.6. The predicted molar refractivity (Wildman–Crippen MR) is 136 cm³/mol. The Morgan fingerprint density at radius 2 is 1.81 bits per heavy atom. The Balaban J connectivity index is 1.82. The van der Waals surface area contributed by atoms with E-state index >= 15 is 0 Å². The monoisotopic (exact) mass is 510 g/mol. The summed E-state index contributed by atoms with van der Waals surface area (Å²) in [6.07, 6.45) is -0.368. The van der Waals surface area contributed by atoms with Crippen LogP contribution in [0, 0.1) is 11.7 Å². The minimum absolute atomic E-state index is 0.00929. The lowest BCUT2D eigenvalue weighted by atomic mass is 9.74. The summed E-state index contributed by atoms with van der Waals surface area (Å²) in [4.78, 5) is 11.2. The summed E-state index contributed by atoms with van der Waals surface area (Å²) < 4.78 is 32.2. The van der Waals surface area contributed by atoms with Crippen molar-refractivity contribution in [1.29, 1.82) is 0 Å². The molecule has 1 fully saturated rings. The standard InChI is InChI=1S/C29H28ClFO5/c1-17(2)22-15-23(18-7-5-4-6-8-18)27(19-9-11-21(34-3)12-10-19)36-28(22)24-13-20(31)14-25(30)29(24)35-16-26(32)33/h4-14,22-23,27-28H,1,15-16H2,2-3H3,(H,32,33)/t22-,23-,27+,28+/m1/s1. The van der Waals surface area contributed by atoms with Crippen LogP contribution in [-0.2, 0) is 9.53 Å². The van der Waals surface area contributed by atoms with Crippen LogP contribution in [0.15, 0.2) is 78.9 Å². The molecule has 4 atom stereocenters. The van der Waals surface area contributed by atoms with Crippen molar-refractivity contribution in [2.24, 2.45) is 5.92 Å². The molecule has 1 heterocycles. The van der Waals surface area contributed by atoms with Crippen molar-refractivity contribution in [2.75, 3.05) is 13.7 Å². The zero-order chi connectivity index (χ0) is 25.8. The van der Waals surface area contributed by atoms with Gasteiger partial charge in [-0.15, -0.1) is 0 Å². The van der Waals surface area contributed by atoms with Crippen LogP contribution in [0.3, 0.4) is 0 Å². The molecule has 1 N–H and O–H groups in total. The van der Waals surface area contributed by atoms with E-state index in [1.165, 1.54) is 6.07 Å². The molecule has 0 unspecified atom stereocenters. The number of carbonyl (C=O) groups is 1. The first-order valence-corrected chi connectivity index (χ1v) is 12.0. The summed E-state index contributed by atoms with van der Waals surface area (Å²) >= 11 is 6.33. The number of aliphatic carboxylic acids is 1. The van der Waals surface area contributed by atoms with Gasteiger partial charge in [0.05, 0.1) is 24.3 Å². The molecule has 7 heteroatoms. The molecule has 0 spiro atoms. The fourth-order valence-corrected chi connectivity index (χ4v) is 5.08. The SMILES string of the molecule is C=C(C)[C@H]1C[C@H](c2ccccc2)[C@H](c2ccc(OC)cc2)O[C@@H]1c1cc(F)cc(Cl)c1OCC(=O)O. The van der Waals surface area contributed by atoms with Gasteiger partial charge in [-0.05, 0) is 48.7 Å². The minimum atomic E-state index is -1.16. The fraction of sp³-hybridized carbons (Fsp3) is 0.276. The molecule has 0 amide bonds. The molecule has 0 bridgehead atoms. The number of hydrogen-bond donors (Lipinski definition) is 1. The van der Waals surface area contributed by atoms with Crippen molar-refractivity contribution in [3.8, 4) is 11.5 Å². The Kier molecular flexibility index (Phi) is 7.97. The van der Waals surface area contributed by atoms with Gasteiger partial charge >= 0.3 is 5.97 Å². The van der Waals surface area contributed by atoms with E-state index in [0.29, 0.717) is 12.0 Å². The molecule has 3 aromatic rings. The van der Waals surface area contributed by atoms with Crippen LogP contribution in [0.1, 0.15) is 48.2 Å². The number of carboxylic acids is 1. The van der Waals surface area contributed by atoms with E-state index in [1.807, 2.05) is 49.4 Å². The number of rotatable bonds is 8. The van der Waals surface area contributed by atoms with E-state index in [2.05, 4.69) is 18.7 Å². The molecule has 1 aliphatic heterocycles. The van der Waals surface area contributed by atoms with Gasteiger partial charge in [0.15, 0.2) is 6.61 Å². The summed E-state index contributed by atoms with van der Waals surface area (Å²) in [6.45, 7) is 5.49. The maximum atomic E-state index is 14.6. The minimum Gasteiger partial charge on any atom is -0.497 e. The molecular weight excluding hydrogens is 483 g/mol. The predicted octanol–water partition coefficient (Wildman–Crippen LogP) is 7.13. The molecule has 36 heavy (non-hydrogen) atoms. The zero-order valence-electron chi connectivity index (χ0n) is 20.1. The average Bonchev–Trinajstić information content (AvgIpc) is 2.87. The second-order valence-corrected chi connectivity index (χ2v) is 9.35. The van der Waals surface area contributed by atoms with Gasteiger partial charge in [0.1, 0.15) is 17.3 Å². The number of carboxylic acid groups (broad SMARTS) is 1. The Bertz CT molecular complexity index is 1230. The van der Waals surface area contributed by atoms with E-state index in [1.54, 1.807) is 7.11 Å². The van der Waals surface area contributed by atoms with Gasteiger partial charge in [0.25, 0.3) is 0 Å². The highest BCUT2D eigenvalue weighted by molar-refractivity contribution is 6.32. The van der Waals surface area contributed by atoms with E-state index in [9.17, 15) is 9.18 Å². The lowest BCUT2D eigenvalue weighted by Crippen LogP contribution is -2.32. The van der Waals surface area contributed by atoms with Gasteiger partial charge in [-0.3, -0.25) is 0 Å². The van der Waals surface area contributed by atoms with Crippen molar-refractivity contribution in [1.82, 2.24) is 0 Å². The molecule has 0 saturated carbocycles. The number of benzene rings is 3. The van der Waals surface area contributed by atoms with Crippen LogP contribution in [0.4, 0.5) is 4.39 Å². The molecule has 0 aliphatic carbocycles. The van der Waals surface area contributed by atoms with Crippen LogP contribution in [0.2, 0.25) is 5.02 Å². The van der Waals surface area contributed by atoms with Crippen LogP contribution in [0.25, 0.3) is 0 Å². The largest absolute Gasteiger partial charge is 0.497 e. The second-order valence-electron chi connectivity index (χ2n) is 8.94. The van der Waals surface area contributed by atoms with Crippen LogP contribution in [-0.4, -0.2) is 24.8 Å². The van der Waals surface area contributed by atoms with Crippen molar-refractivity contribution < 1.29 is 28.5 Å². The lowest BCUT2D eigenvalue weighted by molar-refractivity contribution is -0.139. The van der Waals surface area contributed by atoms with Gasteiger partial charge < -0.3 is 19.3 Å².